The van der Waals surface area contributed by atoms with Crippen molar-refractivity contribution in [3.05, 3.63) is 23.8 Å². The molecule has 0 bridgehead atoms. The summed E-state index contributed by atoms with van der Waals surface area (Å²) >= 11 is 0. The van der Waals surface area contributed by atoms with E-state index in [-0.39, 0.29) is 0 Å². The molecule has 0 aromatic heterocycles. The van der Waals surface area contributed by atoms with E-state index in [2.05, 4.69) is 19.2 Å². The van der Waals surface area contributed by atoms with Gasteiger partial charge in [-0.2, -0.15) is 0 Å². The van der Waals surface area contributed by atoms with E-state index in [0.717, 1.165) is 18.0 Å². The van der Waals surface area contributed by atoms with Crippen molar-refractivity contribution in [2.24, 2.45) is 17.6 Å². The predicted octanol–water partition coefficient (Wildman–Crippen LogP) is 2.60. The Balaban J connectivity index is 2.17. The van der Waals surface area contributed by atoms with Crippen molar-refractivity contribution < 1.29 is 4.79 Å². The fourth-order valence-corrected chi connectivity index (χ4v) is 2.97. The van der Waals surface area contributed by atoms with Crippen molar-refractivity contribution in [3.8, 4) is 0 Å². The van der Waals surface area contributed by atoms with Crippen LogP contribution in [0.25, 0.3) is 0 Å². The number of amides is 1. The second-order valence-electron chi connectivity index (χ2n) is 5.82. The molecule has 1 aromatic rings. The van der Waals surface area contributed by atoms with Gasteiger partial charge in [0.2, 0.25) is 0 Å². The van der Waals surface area contributed by atoms with Gasteiger partial charge in [0.1, 0.15) is 0 Å². The van der Waals surface area contributed by atoms with Crippen molar-refractivity contribution >= 4 is 17.3 Å². The van der Waals surface area contributed by atoms with Gasteiger partial charge < -0.3 is 16.8 Å². The highest BCUT2D eigenvalue weighted by molar-refractivity contribution is 5.99. The van der Waals surface area contributed by atoms with Crippen molar-refractivity contribution in [1.82, 2.24) is 0 Å². The fraction of sp³-hybridized carbons (Fsp3) is 0.533. The summed E-state index contributed by atoms with van der Waals surface area (Å²) in [5.74, 6) is 0.948. The first-order valence-corrected chi connectivity index (χ1v) is 6.93. The van der Waals surface area contributed by atoms with Crippen LogP contribution in [0.4, 0.5) is 11.4 Å². The molecule has 0 aliphatic heterocycles. The number of nitrogens with one attached hydrogen (secondary N) is 1. The second-order valence-corrected chi connectivity index (χ2v) is 5.82. The lowest BCUT2D eigenvalue weighted by Gasteiger charge is -2.34. The van der Waals surface area contributed by atoms with E-state index in [0.29, 0.717) is 23.2 Å². The van der Waals surface area contributed by atoms with Gasteiger partial charge in [0.25, 0.3) is 5.91 Å². The van der Waals surface area contributed by atoms with E-state index in [4.69, 9.17) is 11.5 Å². The van der Waals surface area contributed by atoms with Crippen LogP contribution in [0.15, 0.2) is 18.2 Å². The minimum Gasteiger partial charge on any atom is -0.399 e. The Bertz CT molecular complexity index is 472. The highest BCUT2D eigenvalue weighted by Crippen LogP contribution is 2.31. The van der Waals surface area contributed by atoms with E-state index in [1.165, 1.54) is 12.8 Å². The first-order chi connectivity index (χ1) is 8.97. The maximum atomic E-state index is 11.5. The van der Waals surface area contributed by atoms with Crippen molar-refractivity contribution in [1.29, 1.82) is 0 Å². The standard InChI is InChI=1S/C15H23N3O/c1-9-3-5-13(10(2)7-9)18-14-6-4-11(16)8-12(14)15(17)19/h4,6,8-10,13,18H,3,5,7,16H2,1-2H3,(H2,17,19). The molecule has 0 spiro atoms. The number of hydrogen-bond donors (Lipinski definition) is 3. The van der Waals surface area contributed by atoms with Gasteiger partial charge >= 0.3 is 0 Å². The molecule has 1 aromatic carbocycles. The number of anilines is 2. The molecule has 0 saturated heterocycles. The van der Waals surface area contributed by atoms with E-state index in [1.54, 1.807) is 12.1 Å². The zero-order chi connectivity index (χ0) is 14.0. The molecule has 5 N–H and O–H groups in total. The number of carbonyl (C=O) groups is 1. The predicted molar refractivity (Wildman–Crippen MR) is 79.0 cm³/mol. The molecule has 19 heavy (non-hydrogen) atoms. The quantitative estimate of drug-likeness (QED) is 0.731. The molecular formula is C15H23N3O. The van der Waals surface area contributed by atoms with Gasteiger partial charge in [0, 0.05) is 17.4 Å². The maximum absolute atomic E-state index is 11.5. The van der Waals surface area contributed by atoms with E-state index in [9.17, 15) is 4.79 Å². The first kappa shape index (κ1) is 13.7. The summed E-state index contributed by atoms with van der Waals surface area (Å²) in [4.78, 5) is 11.5. The summed E-state index contributed by atoms with van der Waals surface area (Å²) in [6.07, 6.45) is 3.58. The lowest BCUT2D eigenvalue weighted by molar-refractivity contribution is 0.100. The zero-order valence-corrected chi connectivity index (χ0v) is 11.6. The Morgan fingerprint density at radius 2 is 2.05 bits per heavy atom. The molecule has 4 nitrogen and oxygen atoms in total. The molecule has 104 valence electrons. The number of nitrogens with two attached hydrogens (primary N) is 2. The van der Waals surface area contributed by atoms with Crippen LogP contribution in [0.3, 0.4) is 0 Å². The molecule has 0 radical (unpaired) electrons. The highest BCUT2D eigenvalue weighted by Gasteiger charge is 2.26. The monoisotopic (exact) mass is 261 g/mol. The summed E-state index contributed by atoms with van der Waals surface area (Å²) < 4.78 is 0. The number of rotatable bonds is 3. The van der Waals surface area contributed by atoms with Crippen LogP contribution >= 0.6 is 0 Å². The van der Waals surface area contributed by atoms with Crippen molar-refractivity contribution in [3.63, 3.8) is 0 Å². The molecule has 1 fully saturated rings. The Hall–Kier alpha value is -1.71. The van der Waals surface area contributed by atoms with Crippen LogP contribution in [0.1, 0.15) is 43.5 Å². The fourth-order valence-electron chi connectivity index (χ4n) is 2.97. The Labute approximate surface area is 114 Å². The smallest absolute Gasteiger partial charge is 0.250 e. The normalized spacial score (nSPS) is 26.9. The third kappa shape index (κ3) is 3.19. The largest absolute Gasteiger partial charge is 0.399 e. The second kappa shape index (κ2) is 5.51. The number of nitrogen functional groups attached to an aromatic ring is 1. The van der Waals surface area contributed by atoms with Crippen LogP contribution in [-0.2, 0) is 0 Å². The van der Waals surface area contributed by atoms with E-state index < -0.39 is 5.91 Å². The van der Waals surface area contributed by atoms with Crippen LogP contribution in [-0.4, -0.2) is 11.9 Å². The van der Waals surface area contributed by atoms with Gasteiger partial charge in [0.05, 0.1) is 5.56 Å². The van der Waals surface area contributed by atoms with Gasteiger partial charge in [-0.25, -0.2) is 0 Å². The van der Waals surface area contributed by atoms with Crippen LogP contribution in [0.2, 0.25) is 0 Å². The molecule has 1 aliphatic carbocycles. The summed E-state index contributed by atoms with van der Waals surface area (Å²) in [5.41, 5.74) is 13.0. The van der Waals surface area contributed by atoms with Gasteiger partial charge in [-0.05, 0) is 49.3 Å². The SMILES string of the molecule is CC1CCC(Nc2ccc(N)cc2C(N)=O)C(C)C1. The minimum absolute atomic E-state index is 0.401. The molecule has 3 atom stereocenters. The number of primary amides is 1. The Morgan fingerprint density at radius 3 is 2.68 bits per heavy atom. The average molecular weight is 261 g/mol. The molecule has 3 unspecified atom stereocenters. The maximum Gasteiger partial charge on any atom is 0.250 e. The van der Waals surface area contributed by atoms with Crippen LogP contribution in [0.5, 0.6) is 0 Å². The molecule has 2 rings (SSSR count). The Morgan fingerprint density at radius 1 is 1.32 bits per heavy atom. The number of benzene rings is 1. The summed E-state index contributed by atoms with van der Waals surface area (Å²) in [5, 5.41) is 3.47. The van der Waals surface area contributed by atoms with Crippen molar-refractivity contribution in [2.45, 2.75) is 39.2 Å². The third-order valence-electron chi connectivity index (χ3n) is 4.08. The Kier molecular flexibility index (Phi) is 3.98. The average Bonchev–Trinajstić information content (AvgIpc) is 2.34. The minimum atomic E-state index is -0.438. The van der Waals surface area contributed by atoms with Gasteiger partial charge in [-0.1, -0.05) is 13.8 Å². The topological polar surface area (TPSA) is 81.1 Å². The summed E-state index contributed by atoms with van der Waals surface area (Å²) in [6, 6.07) is 5.68. The number of hydrogen-bond acceptors (Lipinski definition) is 3. The summed E-state index contributed by atoms with van der Waals surface area (Å²) in [7, 11) is 0. The van der Waals surface area contributed by atoms with Crippen LogP contribution in [0, 0.1) is 11.8 Å². The first-order valence-electron chi connectivity index (χ1n) is 6.93. The van der Waals surface area contributed by atoms with Crippen molar-refractivity contribution in [2.75, 3.05) is 11.1 Å². The van der Waals surface area contributed by atoms with E-state index in [1.807, 2.05) is 6.07 Å². The van der Waals surface area contributed by atoms with E-state index >= 15 is 0 Å². The zero-order valence-electron chi connectivity index (χ0n) is 11.6. The van der Waals surface area contributed by atoms with Gasteiger partial charge in [0.15, 0.2) is 0 Å². The molecular weight excluding hydrogens is 238 g/mol. The lowest BCUT2D eigenvalue weighted by Crippen LogP contribution is -2.33. The third-order valence-corrected chi connectivity index (χ3v) is 4.08. The summed E-state index contributed by atoms with van der Waals surface area (Å²) in [6.45, 7) is 4.55. The van der Waals surface area contributed by atoms with Gasteiger partial charge in [-0.3, -0.25) is 4.79 Å². The molecule has 1 saturated carbocycles. The molecule has 0 heterocycles. The van der Waals surface area contributed by atoms with Crippen LogP contribution < -0.4 is 16.8 Å². The molecule has 1 amide bonds. The number of carbonyl (C=O) groups excluding carboxylic acids is 1. The van der Waals surface area contributed by atoms with Gasteiger partial charge in [-0.15, -0.1) is 0 Å². The molecule has 4 heteroatoms. The highest BCUT2D eigenvalue weighted by atomic mass is 16.1. The lowest BCUT2D eigenvalue weighted by atomic mass is 9.79. The molecule has 1 aliphatic rings.